The fraction of sp³-hybridized carbons (Fsp3) is 0.294. The van der Waals surface area contributed by atoms with Gasteiger partial charge in [-0.1, -0.05) is 31.2 Å². The summed E-state index contributed by atoms with van der Waals surface area (Å²) in [6, 6.07) is 13.6. The molecule has 0 N–H and O–H groups in total. The van der Waals surface area contributed by atoms with E-state index < -0.39 is 0 Å². The fourth-order valence-electron chi connectivity index (χ4n) is 2.76. The quantitative estimate of drug-likeness (QED) is 0.717. The zero-order chi connectivity index (χ0) is 12.7. The number of hydrogen-bond donors (Lipinski definition) is 0. The Bertz CT molecular complexity index is 599. The number of rotatable bonds is 1. The van der Waals surface area contributed by atoms with E-state index in [1.807, 2.05) is 0 Å². The minimum atomic E-state index is 1.05. The monoisotopic (exact) mass is 237 g/mol. The van der Waals surface area contributed by atoms with E-state index >= 15 is 0 Å². The molecule has 0 unspecified atom stereocenters. The molecule has 0 aromatic heterocycles. The van der Waals surface area contributed by atoms with Crippen LogP contribution in [0, 0.1) is 6.92 Å². The predicted octanol–water partition coefficient (Wildman–Crippen LogP) is 4.23. The third-order valence-corrected chi connectivity index (χ3v) is 3.90. The lowest BCUT2D eigenvalue weighted by Gasteiger charge is -2.31. The number of aryl methyl sites for hydroxylation is 2. The molecule has 1 heteroatoms. The average molecular weight is 237 g/mol. The Balaban J connectivity index is 2.13. The molecule has 0 saturated heterocycles. The summed E-state index contributed by atoms with van der Waals surface area (Å²) in [6.45, 7) is 4.37. The second kappa shape index (κ2) is 4.16. The summed E-state index contributed by atoms with van der Waals surface area (Å²) in [5.74, 6) is 0. The van der Waals surface area contributed by atoms with Gasteiger partial charge in [-0.3, -0.25) is 0 Å². The molecule has 92 valence electrons. The van der Waals surface area contributed by atoms with Crippen LogP contribution in [-0.4, -0.2) is 7.05 Å². The summed E-state index contributed by atoms with van der Waals surface area (Å²) in [6.07, 6.45) is 2.15. The van der Waals surface area contributed by atoms with E-state index in [4.69, 9.17) is 0 Å². The fourth-order valence-corrected chi connectivity index (χ4v) is 2.76. The largest absolute Gasteiger partial charge is 0.344 e. The normalized spacial score (nSPS) is 13.2. The Morgan fingerprint density at radius 3 is 2.39 bits per heavy atom. The molecule has 0 spiro atoms. The van der Waals surface area contributed by atoms with Crippen molar-refractivity contribution >= 4 is 11.4 Å². The van der Waals surface area contributed by atoms with Crippen molar-refractivity contribution in [1.82, 2.24) is 0 Å². The van der Waals surface area contributed by atoms with E-state index in [2.05, 4.69) is 62.2 Å². The van der Waals surface area contributed by atoms with Gasteiger partial charge in [-0.2, -0.15) is 0 Å². The predicted molar refractivity (Wildman–Crippen MR) is 77.9 cm³/mol. The molecular weight excluding hydrogens is 218 g/mol. The van der Waals surface area contributed by atoms with Gasteiger partial charge in [0.05, 0.1) is 0 Å². The lowest BCUT2D eigenvalue weighted by Crippen LogP contribution is -2.18. The van der Waals surface area contributed by atoms with Gasteiger partial charge in [0.15, 0.2) is 0 Å². The van der Waals surface area contributed by atoms with Crippen molar-refractivity contribution in [2.75, 3.05) is 11.9 Å². The Kier molecular flexibility index (Phi) is 2.62. The lowest BCUT2D eigenvalue weighted by atomic mass is 9.93. The van der Waals surface area contributed by atoms with Gasteiger partial charge in [-0.15, -0.1) is 0 Å². The lowest BCUT2D eigenvalue weighted by molar-refractivity contribution is 1.03. The summed E-state index contributed by atoms with van der Waals surface area (Å²) in [7, 11) is 2.18. The van der Waals surface area contributed by atoms with Crippen LogP contribution in [0.1, 0.15) is 29.2 Å². The van der Waals surface area contributed by atoms with Crippen molar-refractivity contribution in [3.8, 4) is 0 Å². The summed E-state index contributed by atoms with van der Waals surface area (Å²) in [5.41, 5.74) is 8.33. The smallest absolute Gasteiger partial charge is 0.0446 e. The van der Waals surface area contributed by atoms with Crippen molar-refractivity contribution in [1.29, 1.82) is 0 Å². The molecule has 0 fully saturated rings. The summed E-state index contributed by atoms with van der Waals surface area (Å²) >= 11 is 0. The van der Waals surface area contributed by atoms with Crippen LogP contribution in [-0.2, 0) is 12.8 Å². The minimum Gasteiger partial charge on any atom is -0.344 e. The van der Waals surface area contributed by atoms with Gasteiger partial charge in [-0.25, -0.2) is 0 Å². The molecule has 1 aliphatic heterocycles. The van der Waals surface area contributed by atoms with E-state index in [0.717, 1.165) is 12.8 Å². The van der Waals surface area contributed by atoms with Crippen molar-refractivity contribution in [3.05, 3.63) is 58.7 Å². The van der Waals surface area contributed by atoms with E-state index in [9.17, 15) is 0 Å². The first-order valence-electron chi connectivity index (χ1n) is 6.64. The van der Waals surface area contributed by atoms with Crippen molar-refractivity contribution in [2.45, 2.75) is 26.7 Å². The molecule has 1 heterocycles. The molecule has 0 radical (unpaired) electrons. The Hall–Kier alpha value is -1.76. The molecule has 0 bridgehead atoms. The van der Waals surface area contributed by atoms with Gasteiger partial charge in [-0.05, 0) is 47.7 Å². The topological polar surface area (TPSA) is 3.24 Å². The van der Waals surface area contributed by atoms with Crippen molar-refractivity contribution < 1.29 is 0 Å². The number of nitrogens with zero attached hydrogens (tertiary/aromatic N) is 1. The van der Waals surface area contributed by atoms with Gasteiger partial charge in [0, 0.05) is 24.8 Å². The highest BCUT2D eigenvalue weighted by Crippen LogP contribution is 2.38. The standard InChI is InChI=1S/C17H19N/c1-4-13-6-8-15-11-14-7-5-12(2)9-16(14)18(3)17(15)10-13/h5-10H,4,11H2,1-3H3. The van der Waals surface area contributed by atoms with E-state index in [1.54, 1.807) is 0 Å². The SMILES string of the molecule is CCc1ccc2c(c1)N(C)c1cc(C)ccc1C2. The van der Waals surface area contributed by atoms with Crippen LogP contribution < -0.4 is 4.90 Å². The number of hydrogen-bond acceptors (Lipinski definition) is 1. The Morgan fingerprint density at radius 2 is 1.67 bits per heavy atom. The van der Waals surface area contributed by atoms with E-state index in [1.165, 1.54) is 33.6 Å². The summed E-state index contributed by atoms with van der Waals surface area (Å²) in [4.78, 5) is 2.33. The highest BCUT2D eigenvalue weighted by molar-refractivity contribution is 5.74. The second-order valence-electron chi connectivity index (χ2n) is 5.18. The molecule has 1 aliphatic rings. The maximum atomic E-state index is 2.33. The summed E-state index contributed by atoms with van der Waals surface area (Å²) in [5, 5.41) is 0. The van der Waals surface area contributed by atoms with Crippen LogP contribution in [0.5, 0.6) is 0 Å². The second-order valence-corrected chi connectivity index (χ2v) is 5.18. The number of fused-ring (bicyclic) bond motifs is 2. The van der Waals surface area contributed by atoms with E-state index in [-0.39, 0.29) is 0 Å². The summed E-state index contributed by atoms with van der Waals surface area (Å²) < 4.78 is 0. The van der Waals surface area contributed by atoms with Crippen LogP contribution in [0.3, 0.4) is 0 Å². The molecule has 2 aromatic rings. The van der Waals surface area contributed by atoms with Crippen LogP contribution in [0.2, 0.25) is 0 Å². The molecule has 0 atom stereocenters. The van der Waals surface area contributed by atoms with Crippen molar-refractivity contribution in [3.63, 3.8) is 0 Å². The third kappa shape index (κ3) is 1.71. The van der Waals surface area contributed by atoms with Crippen molar-refractivity contribution in [2.24, 2.45) is 0 Å². The first-order valence-corrected chi connectivity index (χ1v) is 6.64. The third-order valence-electron chi connectivity index (χ3n) is 3.90. The molecule has 0 saturated carbocycles. The highest BCUT2D eigenvalue weighted by Gasteiger charge is 2.19. The Morgan fingerprint density at radius 1 is 1.00 bits per heavy atom. The maximum absolute atomic E-state index is 2.33. The van der Waals surface area contributed by atoms with Gasteiger partial charge in [0.2, 0.25) is 0 Å². The van der Waals surface area contributed by atoms with Crippen LogP contribution in [0.4, 0.5) is 11.4 Å². The maximum Gasteiger partial charge on any atom is 0.0446 e. The number of anilines is 2. The zero-order valence-electron chi connectivity index (χ0n) is 11.3. The molecular formula is C17H19N. The number of benzene rings is 2. The molecule has 2 aromatic carbocycles. The Labute approximate surface area is 109 Å². The van der Waals surface area contributed by atoms with Gasteiger partial charge in [0.25, 0.3) is 0 Å². The minimum absolute atomic E-state index is 1.05. The molecule has 1 nitrogen and oxygen atoms in total. The van der Waals surface area contributed by atoms with Crippen LogP contribution >= 0.6 is 0 Å². The first-order chi connectivity index (χ1) is 8.69. The average Bonchev–Trinajstić information content (AvgIpc) is 2.40. The molecule has 3 rings (SSSR count). The zero-order valence-corrected chi connectivity index (χ0v) is 11.3. The molecule has 0 aliphatic carbocycles. The van der Waals surface area contributed by atoms with Gasteiger partial charge in [0.1, 0.15) is 0 Å². The van der Waals surface area contributed by atoms with E-state index in [0.29, 0.717) is 0 Å². The highest BCUT2D eigenvalue weighted by atomic mass is 15.1. The molecule has 0 amide bonds. The molecule has 18 heavy (non-hydrogen) atoms. The van der Waals surface area contributed by atoms with Gasteiger partial charge >= 0.3 is 0 Å². The van der Waals surface area contributed by atoms with Crippen LogP contribution in [0.15, 0.2) is 36.4 Å². The first kappa shape index (κ1) is 11.3. The van der Waals surface area contributed by atoms with Crippen LogP contribution in [0.25, 0.3) is 0 Å². The van der Waals surface area contributed by atoms with Gasteiger partial charge < -0.3 is 4.90 Å².